The molecule has 2 aromatic rings. The summed E-state index contributed by atoms with van der Waals surface area (Å²) >= 11 is 0. The number of nitrogens with zero attached hydrogens (tertiary/aromatic N) is 4. The standard InChI is InChI=1S/C15H19N5O/c1-16-12-5-3-9-19(11-12)15(21)13-6-2-7-14(18-13)20-10-4-8-17-20/h2,4,6-8,10,12,16H,3,5,9,11H2,1H3. The van der Waals surface area contributed by atoms with E-state index >= 15 is 0 Å². The van der Waals surface area contributed by atoms with Gasteiger partial charge in [-0.25, -0.2) is 9.67 Å². The van der Waals surface area contributed by atoms with Crippen LogP contribution in [-0.2, 0) is 0 Å². The first kappa shape index (κ1) is 13.8. The van der Waals surface area contributed by atoms with Gasteiger partial charge in [0, 0.05) is 31.5 Å². The molecule has 3 heterocycles. The Morgan fingerprint density at radius 1 is 1.38 bits per heavy atom. The zero-order chi connectivity index (χ0) is 14.7. The van der Waals surface area contributed by atoms with Crippen molar-refractivity contribution in [2.24, 2.45) is 0 Å². The molecule has 0 bridgehead atoms. The average molecular weight is 285 g/mol. The maximum absolute atomic E-state index is 12.6. The number of likely N-dealkylation sites (N-methyl/N-ethyl adjacent to an activating group) is 1. The Morgan fingerprint density at radius 3 is 3.05 bits per heavy atom. The van der Waals surface area contributed by atoms with E-state index in [9.17, 15) is 4.79 Å². The van der Waals surface area contributed by atoms with E-state index in [0.717, 1.165) is 25.9 Å². The zero-order valence-electron chi connectivity index (χ0n) is 12.1. The summed E-state index contributed by atoms with van der Waals surface area (Å²) in [5.74, 6) is 0.650. The quantitative estimate of drug-likeness (QED) is 0.917. The summed E-state index contributed by atoms with van der Waals surface area (Å²) in [5, 5.41) is 7.39. The van der Waals surface area contributed by atoms with Crippen LogP contribution in [0.4, 0.5) is 0 Å². The molecule has 0 saturated carbocycles. The van der Waals surface area contributed by atoms with E-state index < -0.39 is 0 Å². The van der Waals surface area contributed by atoms with Crippen molar-refractivity contribution in [2.45, 2.75) is 18.9 Å². The number of piperidine rings is 1. The van der Waals surface area contributed by atoms with E-state index in [1.54, 1.807) is 16.9 Å². The second-order valence-electron chi connectivity index (χ2n) is 5.21. The molecular weight excluding hydrogens is 266 g/mol. The Labute approximate surface area is 123 Å². The summed E-state index contributed by atoms with van der Waals surface area (Å²) in [6.07, 6.45) is 5.64. The van der Waals surface area contributed by atoms with E-state index in [0.29, 0.717) is 17.6 Å². The molecule has 0 aliphatic carbocycles. The molecule has 0 radical (unpaired) electrons. The Bertz CT molecular complexity index is 610. The molecule has 1 N–H and O–H groups in total. The normalized spacial score (nSPS) is 18.7. The number of hydrogen-bond acceptors (Lipinski definition) is 4. The molecule has 1 fully saturated rings. The number of carbonyl (C=O) groups is 1. The van der Waals surface area contributed by atoms with Gasteiger partial charge in [-0.1, -0.05) is 6.07 Å². The van der Waals surface area contributed by atoms with Crippen molar-refractivity contribution in [1.29, 1.82) is 0 Å². The largest absolute Gasteiger partial charge is 0.336 e. The van der Waals surface area contributed by atoms with E-state index in [1.807, 2.05) is 36.3 Å². The maximum atomic E-state index is 12.6. The lowest BCUT2D eigenvalue weighted by atomic mass is 10.1. The second-order valence-corrected chi connectivity index (χ2v) is 5.21. The van der Waals surface area contributed by atoms with Gasteiger partial charge in [0.15, 0.2) is 5.82 Å². The molecule has 6 heteroatoms. The first-order valence-electron chi connectivity index (χ1n) is 7.21. The van der Waals surface area contributed by atoms with Gasteiger partial charge in [0.2, 0.25) is 0 Å². The predicted octanol–water partition coefficient (Wildman–Crippen LogP) is 1.09. The van der Waals surface area contributed by atoms with Crippen LogP contribution in [0, 0.1) is 0 Å². The second kappa shape index (κ2) is 6.05. The SMILES string of the molecule is CNC1CCCN(C(=O)c2cccc(-n3cccn3)n2)C1. The van der Waals surface area contributed by atoms with E-state index in [-0.39, 0.29) is 5.91 Å². The predicted molar refractivity (Wildman–Crippen MR) is 79.3 cm³/mol. The van der Waals surface area contributed by atoms with Crippen molar-refractivity contribution in [3.63, 3.8) is 0 Å². The van der Waals surface area contributed by atoms with Crippen LogP contribution in [0.5, 0.6) is 0 Å². The molecule has 3 rings (SSSR count). The lowest BCUT2D eigenvalue weighted by molar-refractivity contribution is 0.0692. The maximum Gasteiger partial charge on any atom is 0.272 e. The number of pyridine rings is 1. The van der Waals surface area contributed by atoms with Gasteiger partial charge in [0.1, 0.15) is 5.69 Å². The summed E-state index contributed by atoms with van der Waals surface area (Å²) in [6, 6.07) is 7.65. The monoisotopic (exact) mass is 285 g/mol. The summed E-state index contributed by atoms with van der Waals surface area (Å²) < 4.78 is 1.66. The summed E-state index contributed by atoms with van der Waals surface area (Å²) in [6.45, 7) is 1.54. The number of likely N-dealkylation sites (tertiary alicyclic amines) is 1. The lowest BCUT2D eigenvalue weighted by Crippen LogP contribution is -2.47. The van der Waals surface area contributed by atoms with Crippen molar-refractivity contribution < 1.29 is 4.79 Å². The number of aromatic nitrogens is 3. The number of nitrogens with one attached hydrogen (secondary N) is 1. The molecule has 6 nitrogen and oxygen atoms in total. The van der Waals surface area contributed by atoms with Gasteiger partial charge < -0.3 is 10.2 Å². The molecule has 110 valence electrons. The highest BCUT2D eigenvalue weighted by molar-refractivity contribution is 5.92. The molecule has 1 aliphatic rings. The highest BCUT2D eigenvalue weighted by Gasteiger charge is 2.24. The van der Waals surface area contributed by atoms with Crippen molar-refractivity contribution >= 4 is 5.91 Å². The molecule has 1 saturated heterocycles. The van der Waals surface area contributed by atoms with Gasteiger partial charge in [0.05, 0.1) is 0 Å². The Morgan fingerprint density at radius 2 is 2.29 bits per heavy atom. The Balaban J connectivity index is 1.80. The molecular formula is C15H19N5O. The molecule has 1 amide bonds. The number of rotatable bonds is 3. The van der Waals surface area contributed by atoms with Crippen molar-refractivity contribution in [3.05, 3.63) is 42.4 Å². The van der Waals surface area contributed by atoms with Crippen LogP contribution in [0.1, 0.15) is 23.3 Å². The van der Waals surface area contributed by atoms with Crippen molar-refractivity contribution in [3.8, 4) is 5.82 Å². The summed E-state index contributed by atoms with van der Waals surface area (Å²) in [4.78, 5) is 18.9. The fourth-order valence-electron chi connectivity index (χ4n) is 2.63. The lowest BCUT2D eigenvalue weighted by Gasteiger charge is -2.32. The third-order valence-corrected chi connectivity index (χ3v) is 3.81. The van der Waals surface area contributed by atoms with E-state index in [2.05, 4.69) is 15.4 Å². The number of carbonyl (C=O) groups excluding carboxylic acids is 1. The Hall–Kier alpha value is -2.21. The van der Waals surface area contributed by atoms with Crippen molar-refractivity contribution in [1.82, 2.24) is 25.0 Å². The third kappa shape index (κ3) is 2.95. The number of hydrogen-bond donors (Lipinski definition) is 1. The first-order chi connectivity index (χ1) is 10.3. The number of amides is 1. The molecule has 1 unspecified atom stereocenters. The topological polar surface area (TPSA) is 63.1 Å². The molecule has 1 aliphatic heterocycles. The van der Waals surface area contributed by atoms with Gasteiger partial charge in [0.25, 0.3) is 5.91 Å². The van der Waals surface area contributed by atoms with Gasteiger partial charge in [-0.2, -0.15) is 5.10 Å². The fourth-order valence-corrected chi connectivity index (χ4v) is 2.63. The minimum absolute atomic E-state index is 0.0102. The van der Waals surface area contributed by atoms with Gasteiger partial charge in [-0.05, 0) is 38.1 Å². The first-order valence-corrected chi connectivity index (χ1v) is 7.21. The average Bonchev–Trinajstić information content (AvgIpc) is 3.09. The van der Waals surface area contributed by atoms with Crippen molar-refractivity contribution in [2.75, 3.05) is 20.1 Å². The van der Waals surface area contributed by atoms with Crippen LogP contribution in [0.2, 0.25) is 0 Å². The van der Waals surface area contributed by atoms with Crippen LogP contribution in [0.3, 0.4) is 0 Å². The van der Waals surface area contributed by atoms with Gasteiger partial charge in [-0.15, -0.1) is 0 Å². The summed E-state index contributed by atoms with van der Waals surface area (Å²) in [5.41, 5.74) is 0.472. The molecule has 0 spiro atoms. The van der Waals surface area contributed by atoms with Crippen LogP contribution in [0.25, 0.3) is 5.82 Å². The van der Waals surface area contributed by atoms with E-state index in [4.69, 9.17) is 0 Å². The third-order valence-electron chi connectivity index (χ3n) is 3.81. The van der Waals surface area contributed by atoms with Crippen LogP contribution in [0.15, 0.2) is 36.7 Å². The van der Waals surface area contributed by atoms with Gasteiger partial charge >= 0.3 is 0 Å². The molecule has 21 heavy (non-hydrogen) atoms. The molecule has 2 aromatic heterocycles. The van der Waals surface area contributed by atoms with Gasteiger partial charge in [-0.3, -0.25) is 4.79 Å². The fraction of sp³-hybridized carbons (Fsp3) is 0.400. The zero-order valence-corrected chi connectivity index (χ0v) is 12.1. The highest BCUT2D eigenvalue weighted by atomic mass is 16.2. The van der Waals surface area contributed by atoms with Crippen LogP contribution in [-0.4, -0.2) is 51.8 Å². The smallest absolute Gasteiger partial charge is 0.272 e. The Kier molecular flexibility index (Phi) is 3.96. The summed E-state index contributed by atoms with van der Waals surface area (Å²) in [7, 11) is 1.94. The highest BCUT2D eigenvalue weighted by Crippen LogP contribution is 2.13. The minimum Gasteiger partial charge on any atom is -0.336 e. The van der Waals surface area contributed by atoms with E-state index in [1.165, 1.54) is 0 Å². The molecule has 0 aromatic carbocycles. The minimum atomic E-state index is -0.0102. The molecule has 1 atom stereocenters. The van der Waals surface area contributed by atoms with Crippen LogP contribution >= 0.6 is 0 Å². The van der Waals surface area contributed by atoms with Crippen LogP contribution < -0.4 is 5.32 Å².